The van der Waals surface area contributed by atoms with E-state index in [0.717, 1.165) is 11.1 Å². The Hall–Kier alpha value is -6.03. The molecule has 1 aromatic heterocycles. The number of carboxylic acids is 1. The van der Waals surface area contributed by atoms with Gasteiger partial charge in [-0.15, -0.1) is 0 Å². The van der Waals surface area contributed by atoms with Gasteiger partial charge in [0.25, 0.3) is 5.69 Å². The first-order chi connectivity index (χ1) is 22.6. The highest BCUT2D eigenvalue weighted by Gasteiger charge is 2.41. The van der Waals surface area contributed by atoms with Crippen molar-refractivity contribution in [2.75, 3.05) is 0 Å². The third-order valence-corrected chi connectivity index (χ3v) is 8.13. The molecule has 3 aromatic carbocycles. The number of nitro groups is 1. The highest BCUT2D eigenvalue weighted by Crippen LogP contribution is 2.42. The first-order valence-corrected chi connectivity index (χ1v) is 14.9. The molecule has 0 bridgehead atoms. The van der Waals surface area contributed by atoms with E-state index in [4.69, 9.17) is 4.74 Å². The summed E-state index contributed by atoms with van der Waals surface area (Å²) in [7, 11) is 0. The third-order valence-electron chi connectivity index (χ3n) is 8.13. The molecule has 10 nitrogen and oxygen atoms in total. The molecule has 238 valence electrons. The van der Waals surface area contributed by atoms with Crippen molar-refractivity contribution in [3.63, 3.8) is 0 Å². The van der Waals surface area contributed by atoms with Gasteiger partial charge in [-0.2, -0.15) is 0 Å². The van der Waals surface area contributed by atoms with Gasteiger partial charge < -0.3 is 19.7 Å². The van der Waals surface area contributed by atoms with E-state index in [0.29, 0.717) is 23.5 Å². The Kier molecular flexibility index (Phi) is 9.60. The smallest absolute Gasteiger partial charge is 0.337 e. The molecule has 1 aliphatic rings. The molecule has 0 spiro atoms. The first kappa shape index (κ1) is 32.4. The van der Waals surface area contributed by atoms with Crippen molar-refractivity contribution in [1.82, 2.24) is 14.9 Å². The van der Waals surface area contributed by atoms with Gasteiger partial charge in [0, 0.05) is 48.9 Å². The number of esters is 1. The van der Waals surface area contributed by atoms with Gasteiger partial charge in [0.2, 0.25) is 0 Å². The van der Waals surface area contributed by atoms with E-state index in [1.54, 1.807) is 38.5 Å². The van der Waals surface area contributed by atoms with E-state index in [2.05, 4.69) is 16.9 Å². The average Bonchev–Trinajstić information content (AvgIpc) is 3.57. The lowest BCUT2D eigenvalue weighted by Gasteiger charge is -2.34. The maximum atomic E-state index is 14.4. The number of allylic oxidation sites excluding steroid dienone is 2. The fourth-order valence-corrected chi connectivity index (χ4v) is 5.80. The maximum absolute atomic E-state index is 14.4. The number of hydrogen-bond donors (Lipinski definition) is 2. The number of ether oxygens (including phenoxy) is 1. The number of imidazole rings is 1. The predicted octanol–water partition coefficient (Wildman–Crippen LogP) is 6.89. The van der Waals surface area contributed by atoms with Crippen molar-refractivity contribution in [3.8, 4) is 0 Å². The fourth-order valence-electron chi connectivity index (χ4n) is 5.80. The van der Waals surface area contributed by atoms with Crippen LogP contribution in [0.4, 0.5) is 5.69 Å². The summed E-state index contributed by atoms with van der Waals surface area (Å²) in [5, 5.41) is 24.9. The molecular formula is C37H34N4O6. The van der Waals surface area contributed by atoms with Crippen LogP contribution in [0.2, 0.25) is 0 Å². The summed E-state index contributed by atoms with van der Waals surface area (Å²) < 4.78 is 8.33. The second-order valence-electron chi connectivity index (χ2n) is 11.2. The molecule has 0 radical (unpaired) electrons. The van der Waals surface area contributed by atoms with Crippen LogP contribution in [0, 0.1) is 10.1 Å². The lowest BCUT2D eigenvalue weighted by molar-refractivity contribution is -0.384. The van der Waals surface area contributed by atoms with Gasteiger partial charge >= 0.3 is 11.9 Å². The molecule has 10 heteroatoms. The summed E-state index contributed by atoms with van der Waals surface area (Å²) in [5.41, 5.74) is 1.94. The topological polar surface area (TPSA) is 137 Å². The van der Waals surface area contributed by atoms with Crippen LogP contribution in [0.25, 0.3) is 6.08 Å². The number of non-ortho nitro benzene ring substituents is 1. The van der Waals surface area contributed by atoms with E-state index in [9.17, 15) is 24.8 Å². The number of aromatic nitrogens is 2. The summed E-state index contributed by atoms with van der Waals surface area (Å²) in [6.45, 7) is 7.91. The number of carbonyl (C=O) groups is 2. The SMILES string of the molecule is C=CC(CC=Cc1ccccc1)(OC(=O)C1=C(C)NC(C)=C(C(=O)O)C1c1cccc([N+](=O)[O-])c1)c1ccc(Cn2ccnc2)cc1. The number of aliphatic carboxylic acids is 1. The second-order valence-corrected chi connectivity index (χ2v) is 11.2. The predicted molar refractivity (Wildman–Crippen MR) is 178 cm³/mol. The third kappa shape index (κ3) is 7.12. The van der Waals surface area contributed by atoms with Gasteiger partial charge in [-0.3, -0.25) is 10.1 Å². The summed E-state index contributed by atoms with van der Waals surface area (Å²) in [6, 6.07) is 23.0. The van der Waals surface area contributed by atoms with Gasteiger partial charge in [0.05, 0.1) is 28.3 Å². The minimum Gasteiger partial charge on any atom is -0.478 e. The molecular weight excluding hydrogens is 596 g/mol. The largest absolute Gasteiger partial charge is 0.478 e. The Balaban J connectivity index is 1.56. The van der Waals surface area contributed by atoms with Crippen molar-refractivity contribution in [3.05, 3.63) is 171 Å². The zero-order valence-corrected chi connectivity index (χ0v) is 26.0. The molecule has 4 aromatic rings. The molecule has 0 saturated heterocycles. The van der Waals surface area contributed by atoms with Crippen LogP contribution >= 0.6 is 0 Å². The van der Waals surface area contributed by atoms with Gasteiger partial charge in [-0.1, -0.05) is 85.5 Å². The summed E-state index contributed by atoms with van der Waals surface area (Å²) in [6.07, 6.45) is 10.9. The van der Waals surface area contributed by atoms with Crippen molar-refractivity contribution < 1.29 is 24.4 Å². The van der Waals surface area contributed by atoms with Crippen LogP contribution in [-0.4, -0.2) is 31.5 Å². The average molecular weight is 631 g/mol. The Bertz CT molecular complexity index is 1890. The number of carboxylic acid groups (broad SMARTS) is 1. The summed E-state index contributed by atoms with van der Waals surface area (Å²) >= 11 is 0. The number of carbonyl (C=O) groups excluding carboxylic acids is 1. The minimum atomic E-state index is -1.35. The number of benzene rings is 3. The van der Waals surface area contributed by atoms with Crippen LogP contribution < -0.4 is 5.32 Å². The lowest BCUT2D eigenvalue weighted by atomic mass is 9.80. The van der Waals surface area contributed by atoms with Gasteiger partial charge in [-0.05, 0) is 42.2 Å². The summed E-state index contributed by atoms with van der Waals surface area (Å²) in [4.78, 5) is 42.1. The molecule has 2 atom stereocenters. The van der Waals surface area contributed by atoms with E-state index in [1.807, 2.05) is 77.5 Å². The molecule has 2 N–H and O–H groups in total. The normalized spacial score (nSPS) is 16.0. The monoisotopic (exact) mass is 630 g/mol. The van der Waals surface area contributed by atoms with E-state index in [-0.39, 0.29) is 28.8 Å². The first-order valence-electron chi connectivity index (χ1n) is 14.9. The number of hydrogen-bond acceptors (Lipinski definition) is 7. The number of nitrogens with one attached hydrogen (secondary N) is 1. The van der Waals surface area contributed by atoms with Gasteiger partial charge in [-0.25, -0.2) is 14.6 Å². The van der Waals surface area contributed by atoms with Crippen molar-refractivity contribution in [1.29, 1.82) is 0 Å². The van der Waals surface area contributed by atoms with Crippen molar-refractivity contribution in [2.24, 2.45) is 0 Å². The highest BCUT2D eigenvalue weighted by atomic mass is 16.6. The van der Waals surface area contributed by atoms with Crippen LogP contribution in [-0.2, 0) is 26.5 Å². The molecule has 1 aliphatic heterocycles. The number of rotatable bonds is 12. The molecule has 0 fully saturated rings. The molecule has 2 unspecified atom stereocenters. The van der Waals surface area contributed by atoms with Gasteiger partial charge in [0.1, 0.15) is 0 Å². The Morgan fingerprint density at radius 1 is 1.06 bits per heavy atom. The van der Waals surface area contributed by atoms with E-state index >= 15 is 0 Å². The number of nitro benzene ring substituents is 1. The van der Waals surface area contributed by atoms with Crippen LogP contribution in [0.5, 0.6) is 0 Å². The molecule has 0 aliphatic carbocycles. The molecule has 47 heavy (non-hydrogen) atoms. The van der Waals surface area contributed by atoms with Crippen molar-refractivity contribution in [2.45, 2.75) is 38.3 Å². The van der Waals surface area contributed by atoms with Gasteiger partial charge in [0.15, 0.2) is 5.60 Å². The van der Waals surface area contributed by atoms with Crippen LogP contribution in [0.1, 0.15) is 48.4 Å². The number of dihydropyridines is 1. The Morgan fingerprint density at radius 3 is 2.43 bits per heavy atom. The zero-order valence-electron chi connectivity index (χ0n) is 26.0. The van der Waals surface area contributed by atoms with E-state index in [1.165, 1.54) is 18.2 Å². The lowest BCUT2D eigenvalue weighted by Crippen LogP contribution is -2.36. The summed E-state index contributed by atoms with van der Waals surface area (Å²) in [5.74, 6) is -3.19. The number of nitrogens with zero attached hydrogens (tertiary/aromatic N) is 3. The Labute approximate surface area is 272 Å². The molecule has 0 saturated carbocycles. The standard InChI is InChI=1S/C37H34N4O6/c1-4-37(19-9-12-27-10-6-5-7-11-27,30-17-15-28(16-18-30)23-40-21-20-38-24-40)47-36(44)33-26(3)39-25(2)32(35(42)43)34(33)29-13-8-14-31(22-29)41(45)46/h4-18,20-22,24,34,39H,1,19,23H2,2-3H3,(H,42,43). The highest BCUT2D eigenvalue weighted by molar-refractivity contribution is 5.99. The van der Waals surface area contributed by atoms with E-state index < -0.39 is 28.4 Å². The van der Waals surface area contributed by atoms with Crippen LogP contribution in [0.15, 0.2) is 139 Å². The zero-order chi connectivity index (χ0) is 33.6. The fraction of sp³-hybridized carbons (Fsp3) is 0.162. The minimum absolute atomic E-state index is 0.0310. The molecule has 2 heterocycles. The quantitative estimate of drug-likeness (QED) is 0.0748. The Morgan fingerprint density at radius 2 is 1.79 bits per heavy atom. The maximum Gasteiger partial charge on any atom is 0.337 e. The second kappa shape index (κ2) is 13.9. The molecule has 0 amide bonds. The van der Waals surface area contributed by atoms with Crippen molar-refractivity contribution >= 4 is 23.7 Å². The molecule has 5 rings (SSSR count). The van der Waals surface area contributed by atoms with Crippen LogP contribution in [0.3, 0.4) is 0 Å².